The van der Waals surface area contributed by atoms with Gasteiger partial charge >= 0.3 is 0 Å². The molecule has 5 heteroatoms. The summed E-state index contributed by atoms with van der Waals surface area (Å²) in [5.74, 6) is 2.36. The number of thioether (sulfide) groups is 1. The van der Waals surface area contributed by atoms with E-state index in [1.54, 1.807) is 25.1 Å². The van der Waals surface area contributed by atoms with Crippen molar-refractivity contribution in [2.45, 2.75) is 25.4 Å². The van der Waals surface area contributed by atoms with Crippen molar-refractivity contribution in [1.29, 1.82) is 0 Å². The molecule has 0 bridgehead atoms. The molecule has 1 rings (SSSR count). The SMILES string of the molecule is COc1nc(SCCC(C)C)ncc1Br. The lowest BCUT2D eigenvalue weighted by Crippen LogP contribution is -1.95. The van der Waals surface area contributed by atoms with E-state index in [2.05, 4.69) is 39.7 Å². The highest BCUT2D eigenvalue weighted by Gasteiger charge is 2.05. The summed E-state index contributed by atoms with van der Waals surface area (Å²) in [6, 6.07) is 0. The second kappa shape index (κ2) is 6.33. The van der Waals surface area contributed by atoms with Gasteiger partial charge in [-0.1, -0.05) is 25.6 Å². The first kappa shape index (κ1) is 12.8. The Morgan fingerprint density at radius 3 is 2.87 bits per heavy atom. The average Bonchev–Trinajstić information content (AvgIpc) is 2.20. The lowest BCUT2D eigenvalue weighted by atomic mass is 10.2. The Hall–Kier alpha value is -0.290. The molecule has 0 aliphatic rings. The van der Waals surface area contributed by atoms with Gasteiger partial charge in [-0.25, -0.2) is 4.98 Å². The first-order chi connectivity index (χ1) is 7.13. The number of hydrogen-bond acceptors (Lipinski definition) is 4. The fourth-order valence-corrected chi connectivity index (χ4v) is 2.33. The molecule has 0 aromatic carbocycles. The van der Waals surface area contributed by atoms with Crippen LogP contribution in [0.2, 0.25) is 0 Å². The Balaban J connectivity index is 2.54. The van der Waals surface area contributed by atoms with Crippen molar-refractivity contribution in [3.63, 3.8) is 0 Å². The maximum atomic E-state index is 5.10. The van der Waals surface area contributed by atoms with Crippen molar-refractivity contribution in [3.05, 3.63) is 10.7 Å². The number of rotatable bonds is 5. The third kappa shape index (κ3) is 4.38. The molecule has 0 N–H and O–H groups in total. The molecule has 1 aromatic rings. The third-order valence-electron chi connectivity index (χ3n) is 1.81. The average molecular weight is 291 g/mol. The molecular weight excluding hydrogens is 276 g/mol. The zero-order chi connectivity index (χ0) is 11.3. The Kier molecular flexibility index (Phi) is 5.39. The zero-order valence-electron chi connectivity index (χ0n) is 9.16. The number of ether oxygens (including phenoxy) is 1. The molecule has 84 valence electrons. The standard InChI is InChI=1S/C10H15BrN2OS/c1-7(2)4-5-15-10-12-6-8(11)9(13-10)14-3/h6-7H,4-5H2,1-3H3. The second-order valence-corrected chi connectivity index (χ2v) is 5.46. The molecule has 0 unspecified atom stereocenters. The van der Waals surface area contributed by atoms with Crippen LogP contribution in [0.3, 0.4) is 0 Å². The monoisotopic (exact) mass is 290 g/mol. The van der Waals surface area contributed by atoms with Crippen molar-refractivity contribution in [2.24, 2.45) is 5.92 Å². The minimum atomic E-state index is 0.594. The molecule has 0 saturated heterocycles. The molecule has 0 aliphatic heterocycles. The fraction of sp³-hybridized carbons (Fsp3) is 0.600. The quantitative estimate of drug-likeness (QED) is 0.615. The zero-order valence-corrected chi connectivity index (χ0v) is 11.6. The third-order valence-corrected chi connectivity index (χ3v) is 3.25. The van der Waals surface area contributed by atoms with Crippen LogP contribution < -0.4 is 4.74 Å². The van der Waals surface area contributed by atoms with E-state index in [0.717, 1.165) is 21.3 Å². The van der Waals surface area contributed by atoms with E-state index < -0.39 is 0 Å². The van der Waals surface area contributed by atoms with Crippen LogP contribution in [0.5, 0.6) is 5.88 Å². The number of halogens is 1. The summed E-state index contributed by atoms with van der Waals surface area (Å²) >= 11 is 4.99. The van der Waals surface area contributed by atoms with Crippen LogP contribution in [0.15, 0.2) is 15.8 Å². The van der Waals surface area contributed by atoms with Crippen molar-refractivity contribution in [3.8, 4) is 5.88 Å². The minimum absolute atomic E-state index is 0.594. The molecule has 1 heterocycles. The summed E-state index contributed by atoms with van der Waals surface area (Å²) in [6.07, 6.45) is 2.90. The van der Waals surface area contributed by atoms with Gasteiger partial charge < -0.3 is 4.74 Å². The maximum absolute atomic E-state index is 5.10. The van der Waals surface area contributed by atoms with Gasteiger partial charge in [0.2, 0.25) is 5.88 Å². The van der Waals surface area contributed by atoms with Crippen LogP contribution in [0.1, 0.15) is 20.3 Å². The van der Waals surface area contributed by atoms with Gasteiger partial charge in [-0.3, -0.25) is 0 Å². The van der Waals surface area contributed by atoms with Gasteiger partial charge in [-0.15, -0.1) is 0 Å². The van der Waals surface area contributed by atoms with Crippen molar-refractivity contribution >= 4 is 27.7 Å². The van der Waals surface area contributed by atoms with E-state index in [9.17, 15) is 0 Å². The maximum Gasteiger partial charge on any atom is 0.231 e. The summed E-state index contributed by atoms with van der Waals surface area (Å²) in [5, 5.41) is 0.774. The summed E-state index contributed by atoms with van der Waals surface area (Å²) < 4.78 is 5.89. The van der Waals surface area contributed by atoms with Gasteiger partial charge in [0.15, 0.2) is 5.16 Å². The van der Waals surface area contributed by atoms with Crippen LogP contribution in [0, 0.1) is 5.92 Å². The molecule has 1 aromatic heterocycles. The minimum Gasteiger partial charge on any atom is -0.480 e. The normalized spacial score (nSPS) is 10.7. The van der Waals surface area contributed by atoms with E-state index in [1.165, 1.54) is 6.42 Å². The van der Waals surface area contributed by atoms with Crippen LogP contribution in [-0.4, -0.2) is 22.8 Å². The highest BCUT2D eigenvalue weighted by atomic mass is 79.9. The predicted octanol–water partition coefficient (Wildman–Crippen LogP) is 3.39. The Morgan fingerprint density at radius 1 is 1.53 bits per heavy atom. The lowest BCUT2D eigenvalue weighted by Gasteiger charge is -2.05. The van der Waals surface area contributed by atoms with Crippen molar-refractivity contribution in [2.75, 3.05) is 12.9 Å². The van der Waals surface area contributed by atoms with Crippen molar-refractivity contribution in [1.82, 2.24) is 9.97 Å². The smallest absolute Gasteiger partial charge is 0.231 e. The predicted molar refractivity (Wildman–Crippen MR) is 66.5 cm³/mol. The molecule has 0 spiro atoms. The Bertz CT molecular complexity index is 320. The number of aromatic nitrogens is 2. The topological polar surface area (TPSA) is 35.0 Å². The highest BCUT2D eigenvalue weighted by Crippen LogP contribution is 2.24. The van der Waals surface area contributed by atoms with E-state index in [0.29, 0.717) is 5.88 Å². The van der Waals surface area contributed by atoms with E-state index in [-0.39, 0.29) is 0 Å². The lowest BCUT2D eigenvalue weighted by molar-refractivity contribution is 0.389. The molecule has 0 fully saturated rings. The van der Waals surface area contributed by atoms with Gasteiger partial charge in [0.25, 0.3) is 0 Å². The summed E-state index contributed by atoms with van der Waals surface area (Å²) in [6.45, 7) is 4.42. The Morgan fingerprint density at radius 2 is 2.27 bits per heavy atom. The van der Waals surface area contributed by atoms with Gasteiger partial charge in [-0.2, -0.15) is 4.98 Å². The molecule has 0 aliphatic carbocycles. The van der Waals surface area contributed by atoms with E-state index >= 15 is 0 Å². The van der Waals surface area contributed by atoms with Crippen LogP contribution in [0.25, 0.3) is 0 Å². The largest absolute Gasteiger partial charge is 0.480 e. The first-order valence-corrected chi connectivity index (χ1v) is 6.60. The van der Waals surface area contributed by atoms with Gasteiger partial charge in [0, 0.05) is 11.9 Å². The summed E-state index contributed by atoms with van der Waals surface area (Å²) in [4.78, 5) is 8.48. The number of methoxy groups -OCH3 is 1. The summed E-state index contributed by atoms with van der Waals surface area (Å²) in [7, 11) is 1.61. The molecule has 0 radical (unpaired) electrons. The summed E-state index contributed by atoms with van der Waals surface area (Å²) in [5.41, 5.74) is 0. The van der Waals surface area contributed by atoms with Gasteiger partial charge in [0.1, 0.15) is 0 Å². The van der Waals surface area contributed by atoms with Crippen molar-refractivity contribution < 1.29 is 4.74 Å². The number of hydrogen-bond donors (Lipinski definition) is 0. The second-order valence-electron chi connectivity index (χ2n) is 3.54. The molecule has 0 saturated carbocycles. The van der Waals surface area contributed by atoms with Gasteiger partial charge in [-0.05, 0) is 28.3 Å². The molecule has 15 heavy (non-hydrogen) atoms. The molecule has 0 amide bonds. The highest BCUT2D eigenvalue weighted by molar-refractivity contribution is 9.10. The number of nitrogens with zero attached hydrogens (tertiary/aromatic N) is 2. The Labute approximate surface area is 103 Å². The fourth-order valence-electron chi connectivity index (χ4n) is 0.935. The van der Waals surface area contributed by atoms with Crippen LogP contribution in [0.4, 0.5) is 0 Å². The van der Waals surface area contributed by atoms with Crippen LogP contribution >= 0.6 is 27.7 Å². The first-order valence-electron chi connectivity index (χ1n) is 4.82. The van der Waals surface area contributed by atoms with E-state index in [4.69, 9.17) is 4.74 Å². The van der Waals surface area contributed by atoms with E-state index in [1.807, 2.05) is 0 Å². The van der Waals surface area contributed by atoms with Crippen LogP contribution in [-0.2, 0) is 0 Å². The molecular formula is C10H15BrN2OS. The van der Waals surface area contributed by atoms with Gasteiger partial charge in [0.05, 0.1) is 11.6 Å². The molecule has 3 nitrogen and oxygen atoms in total. The molecule has 0 atom stereocenters.